The van der Waals surface area contributed by atoms with Crippen LogP contribution in [0.1, 0.15) is 75.2 Å². The van der Waals surface area contributed by atoms with E-state index in [-0.39, 0.29) is 54.1 Å². The Balaban J connectivity index is 0.00000702. The van der Waals surface area contributed by atoms with Crippen LogP contribution in [0.15, 0.2) is 91.0 Å². The number of nitrogens with one attached hydrogen (secondary N) is 1. The van der Waals surface area contributed by atoms with Gasteiger partial charge in [0.15, 0.2) is 0 Å². The largest absolute Gasteiger partial charge is 1.00 e. The zero-order valence-electron chi connectivity index (χ0n) is 29.9. The van der Waals surface area contributed by atoms with E-state index in [1.165, 1.54) is 18.2 Å². The van der Waals surface area contributed by atoms with Gasteiger partial charge in [-0.25, -0.2) is 9.18 Å². The molecule has 0 aliphatic rings. The van der Waals surface area contributed by atoms with Crippen LogP contribution in [0.3, 0.4) is 0 Å². The Morgan fingerprint density at radius 2 is 1.47 bits per heavy atom. The molecule has 0 radical (unpaired) electrons. The molecule has 3 aromatic carbocycles. The van der Waals surface area contributed by atoms with Gasteiger partial charge in [-0.2, -0.15) is 0 Å². The summed E-state index contributed by atoms with van der Waals surface area (Å²) in [7, 11) is 0. The molecule has 0 spiro atoms. The number of hydrogen-bond acceptors (Lipinski definition) is 7. The summed E-state index contributed by atoms with van der Waals surface area (Å²) < 4.78 is 21.7. The number of nitrogens with zero attached hydrogens (tertiary/aromatic N) is 1. The predicted octanol–water partition coefficient (Wildman–Crippen LogP) is 2.49. The monoisotopic (exact) mass is 706 g/mol. The Morgan fingerprint density at radius 3 is 2.02 bits per heavy atom. The Kier molecular flexibility index (Phi) is 15.0. The van der Waals surface area contributed by atoms with Gasteiger partial charge in [-0.1, -0.05) is 78.9 Å². The van der Waals surface area contributed by atoms with Crippen molar-refractivity contribution < 1.29 is 68.4 Å². The molecule has 3 N–H and O–H groups in total. The number of rotatable bonds is 14. The third kappa shape index (κ3) is 11.5. The fourth-order valence-corrected chi connectivity index (χ4v) is 5.80. The van der Waals surface area contributed by atoms with Crippen LogP contribution < -0.4 is 40.0 Å². The molecule has 0 saturated carbocycles. The van der Waals surface area contributed by atoms with Crippen LogP contribution in [-0.4, -0.2) is 56.5 Å². The number of benzene rings is 3. The maximum absolute atomic E-state index is 14.7. The minimum atomic E-state index is -1.44. The second-order valence-corrected chi connectivity index (χ2v) is 13.5. The molecule has 0 unspecified atom stereocenters. The molecule has 9 nitrogen and oxygen atoms in total. The quantitative estimate of drug-likeness (QED) is 0.135. The van der Waals surface area contributed by atoms with Gasteiger partial charge < -0.3 is 34.7 Å². The van der Waals surface area contributed by atoms with Gasteiger partial charge in [0.25, 0.3) is 5.91 Å². The molecule has 1 heterocycles. The molecule has 0 bridgehead atoms. The summed E-state index contributed by atoms with van der Waals surface area (Å²) >= 11 is 0. The van der Waals surface area contributed by atoms with Gasteiger partial charge in [0.2, 0.25) is 0 Å². The molecule has 0 aliphatic heterocycles. The number of aliphatic carboxylic acids is 1. The van der Waals surface area contributed by atoms with E-state index in [4.69, 9.17) is 4.74 Å². The van der Waals surface area contributed by atoms with Crippen molar-refractivity contribution in [2.75, 3.05) is 0 Å². The van der Waals surface area contributed by atoms with Crippen molar-refractivity contribution in [1.82, 2.24) is 9.88 Å². The van der Waals surface area contributed by atoms with Crippen LogP contribution in [0.2, 0.25) is 0 Å². The van der Waals surface area contributed by atoms with E-state index in [9.17, 15) is 34.1 Å². The number of halogens is 1. The van der Waals surface area contributed by atoms with Crippen LogP contribution in [0.25, 0.3) is 28.3 Å². The molecule has 3 atom stereocenters. The fraction of sp³-hybridized carbons (Fsp3) is 0.325. The van der Waals surface area contributed by atoms with E-state index >= 15 is 0 Å². The van der Waals surface area contributed by atoms with Crippen molar-refractivity contribution in [2.24, 2.45) is 0 Å². The summed E-state index contributed by atoms with van der Waals surface area (Å²) in [6, 6.07) is 22.9. The molecule has 1 aromatic heterocycles. The summed E-state index contributed by atoms with van der Waals surface area (Å²) in [5.74, 6) is -3.05. The standard InChI is InChI=1S/C40H45FN2O7.Na/c1-25(2)43-33(21-20-30(44)23-31(45)24-34(46)47)35(28-16-18-29(41)19-17-28)36(27-14-10-7-11-15-27)37(43)38(48)42-32(39(49)50-40(3,4)5)22-26-12-8-6-9-13-26;/h6-21,25,30-32,44-45H,22-24H2,1-5H3,(H,42,48)(H,46,47);/q;+1/p-1/b21-20+;/t30-,31-,32+;/m1./s1. The number of carbonyl (C=O) groups excluding carboxylic acids is 3. The van der Waals surface area contributed by atoms with Crippen molar-refractivity contribution in [3.8, 4) is 22.3 Å². The molecular weight excluding hydrogens is 662 g/mol. The zero-order valence-corrected chi connectivity index (χ0v) is 31.9. The topological polar surface area (TPSA) is 141 Å². The fourth-order valence-electron chi connectivity index (χ4n) is 5.80. The van der Waals surface area contributed by atoms with Crippen LogP contribution in [0.5, 0.6) is 0 Å². The van der Waals surface area contributed by atoms with Crippen LogP contribution in [-0.2, 0) is 20.7 Å². The van der Waals surface area contributed by atoms with Gasteiger partial charge in [-0.05, 0) is 69.5 Å². The van der Waals surface area contributed by atoms with Gasteiger partial charge in [0.05, 0.1) is 12.2 Å². The van der Waals surface area contributed by atoms with E-state index in [2.05, 4.69) is 5.32 Å². The number of amides is 1. The first-order chi connectivity index (χ1) is 23.6. The number of carboxylic acids is 1. The number of carboxylic acid groups (broad SMARTS) is 1. The maximum Gasteiger partial charge on any atom is 1.00 e. The predicted molar refractivity (Wildman–Crippen MR) is 188 cm³/mol. The number of aliphatic hydroxyl groups excluding tert-OH is 2. The van der Waals surface area contributed by atoms with E-state index < -0.39 is 53.9 Å². The first-order valence-electron chi connectivity index (χ1n) is 16.6. The molecule has 264 valence electrons. The van der Waals surface area contributed by atoms with Crippen LogP contribution in [0, 0.1) is 5.82 Å². The van der Waals surface area contributed by atoms with E-state index in [1.54, 1.807) is 43.5 Å². The summed E-state index contributed by atoms with van der Waals surface area (Å²) in [6.07, 6.45) is -0.317. The number of ether oxygens (including phenoxy) is 1. The molecule has 4 aromatic rings. The average molecular weight is 707 g/mol. The first-order valence-corrected chi connectivity index (χ1v) is 16.6. The first kappa shape index (κ1) is 41.4. The van der Waals surface area contributed by atoms with Crippen molar-refractivity contribution >= 4 is 23.9 Å². The Labute approximate surface area is 320 Å². The van der Waals surface area contributed by atoms with Gasteiger partial charge in [-0.3, -0.25) is 4.79 Å². The summed E-state index contributed by atoms with van der Waals surface area (Å²) in [5.41, 5.74) is 3.04. The van der Waals surface area contributed by atoms with E-state index in [0.717, 1.165) is 5.56 Å². The van der Waals surface area contributed by atoms with E-state index in [1.807, 2.05) is 74.5 Å². The van der Waals surface area contributed by atoms with Gasteiger partial charge in [0, 0.05) is 48.1 Å². The van der Waals surface area contributed by atoms with Crippen LogP contribution in [0.4, 0.5) is 4.39 Å². The SMILES string of the molecule is CC(C)n1c(/C=C/[C@@H](O)C[C@@H](O)CC(=O)[O-])c(-c2ccc(F)cc2)c(-c2ccccc2)c1C(=O)N[C@@H](Cc1ccccc1)C(=O)OC(C)(C)C.[Na+]. The number of aromatic nitrogens is 1. The van der Waals surface area contributed by atoms with Crippen LogP contribution >= 0.6 is 0 Å². The molecule has 0 fully saturated rings. The minimum Gasteiger partial charge on any atom is -0.550 e. The number of hydrogen-bond donors (Lipinski definition) is 3. The summed E-state index contributed by atoms with van der Waals surface area (Å²) in [4.78, 5) is 39.3. The van der Waals surface area contributed by atoms with Gasteiger partial charge in [0.1, 0.15) is 23.2 Å². The summed E-state index contributed by atoms with van der Waals surface area (Å²) in [5, 5.41) is 34.8. The molecule has 0 saturated heterocycles. The normalized spacial score (nSPS) is 13.4. The molecule has 4 rings (SSSR count). The third-order valence-corrected chi connectivity index (χ3v) is 7.84. The average Bonchev–Trinajstić information content (AvgIpc) is 3.39. The maximum atomic E-state index is 14.7. The van der Waals surface area contributed by atoms with Crippen molar-refractivity contribution in [1.29, 1.82) is 0 Å². The number of carbonyl (C=O) groups is 3. The second kappa shape index (κ2) is 18.4. The summed E-state index contributed by atoms with van der Waals surface area (Å²) in [6.45, 7) is 9.02. The third-order valence-electron chi connectivity index (χ3n) is 7.84. The molecular formula is C40H44FN2NaO7. The smallest absolute Gasteiger partial charge is 0.550 e. The van der Waals surface area contributed by atoms with Crippen molar-refractivity contribution in [3.05, 3.63) is 114 Å². The van der Waals surface area contributed by atoms with Gasteiger partial charge in [-0.15, -0.1) is 0 Å². The zero-order chi connectivity index (χ0) is 36.6. The molecule has 51 heavy (non-hydrogen) atoms. The molecule has 1 amide bonds. The van der Waals surface area contributed by atoms with E-state index in [0.29, 0.717) is 27.9 Å². The Bertz CT molecular complexity index is 1800. The van der Waals surface area contributed by atoms with Crippen molar-refractivity contribution in [3.63, 3.8) is 0 Å². The Hall–Kier alpha value is -4.06. The molecule has 0 aliphatic carbocycles. The number of aliphatic hydroxyl groups is 2. The number of esters is 1. The van der Waals surface area contributed by atoms with Gasteiger partial charge >= 0.3 is 35.5 Å². The Morgan fingerprint density at radius 1 is 0.902 bits per heavy atom. The second-order valence-electron chi connectivity index (χ2n) is 13.5. The van der Waals surface area contributed by atoms with Crippen molar-refractivity contribution in [2.45, 2.75) is 83.8 Å². The minimum absolute atomic E-state index is 0. The molecule has 11 heteroatoms.